The topological polar surface area (TPSA) is 99.5 Å². The maximum atomic E-state index is 12.3. The second-order valence-electron chi connectivity index (χ2n) is 7.54. The number of carboxylic acid groups (broad SMARTS) is 2. The number of nitrogens with one attached hydrogen (secondary N) is 1. The molecule has 1 saturated carbocycles. The van der Waals surface area contributed by atoms with E-state index < -0.39 is 6.16 Å². The van der Waals surface area contributed by atoms with Crippen LogP contribution < -0.4 is 5.32 Å². The molecule has 0 atom stereocenters. The molecule has 1 aromatic heterocycles. The summed E-state index contributed by atoms with van der Waals surface area (Å²) >= 11 is 1.65. The molecule has 3 N–H and O–H groups in total. The summed E-state index contributed by atoms with van der Waals surface area (Å²) < 4.78 is 1.18. The number of aromatic nitrogens is 1. The van der Waals surface area contributed by atoms with Crippen molar-refractivity contribution in [3.63, 3.8) is 0 Å². The quantitative estimate of drug-likeness (QED) is 0.288. The number of hydrogen-bond donors (Lipinski definition) is 3. The van der Waals surface area contributed by atoms with Crippen LogP contribution in [0.5, 0.6) is 0 Å². The number of ketones is 1. The molecule has 0 amide bonds. The van der Waals surface area contributed by atoms with Crippen molar-refractivity contribution >= 4 is 44.3 Å². The third kappa shape index (κ3) is 5.12. The van der Waals surface area contributed by atoms with Gasteiger partial charge >= 0.3 is 6.16 Å². The summed E-state index contributed by atoms with van der Waals surface area (Å²) in [6.45, 7) is 0. The lowest BCUT2D eigenvalue weighted by molar-refractivity contribution is 0.0855. The summed E-state index contributed by atoms with van der Waals surface area (Å²) in [5, 5.41) is 18.2. The van der Waals surface area contributed by atoms with E-state index in [1.54, 1.807) is 11.3 Å². The van der Waals surface area contributed by atoms with Crippen LogP contribution in [0.15, 0.2) is 72.8 Å². The first-order valence-corrected chi connectivity index (χ1v) is 11.1. The summed E-state index contributed by atoms with van der Waals surface area (Å²) in [5.41, 5.74) is 5.12. The SMILES string of the molecule is O=C(O)O.O=C(c1ccc(-c2ccc(Nc3nc4ccccc4s3)cc2)cc1)C1CCC1. The van der Waals surface area contributed by atoms with E-state index in [9.17, 15) is 4.79 Å². The highest BCUT2D eigenvalue weighted by molar-refractivity contribution is 7.22. The number of fused-ring (bicyclic) bond motifs is 1. The van der Waals surface area contributed by atoms with Gasteiger partial charge in [-0.1, -0.05) is 66.3 Å². The lowest BCUT2D eigenvalue weighted by atomic mass is 9.80. The average molecular weight is 447 g/mol. The molecule has 6 nitrogen and oxygen atoms in total. The van der Waals surface area contributed by atoms with E-state index in [1.807, 2.05) is 42.5 Å². The minimum Gasteiger partial charge on any atom is -0.450 e. The third-order valence-electron chi connectivity index (χ3n) is 5.41. The molecule has 0 unspecified atom stereocenters. The predicted octanol–water partition coefficient (Wildman–Crippen LogP) is 6.91. The first-order chi connectivity index (χ1) is 15.5. The molecule has 1 fully saturated rings. The maximum absolute atomic E-state index is 12.3. The highest BCUT2D eigenvalue weighted by atomic mass is 32.1. The Morgan fingerprint density at radius 1 is 0.875 bits per heavy atom. The van der Waals surface area contributed by atoms with E-state index in [1.165, 1.54) is 11.1 Å². The van der Waals surface area contributed by atoms with Crippen LogP contribution in [0.1, 0.15) is 29.6 Å². The van der Waals surface area contributed by atoms with Gasteiger partial charge in [-0.3, -0.25) is 4.79 Å². The summed E-state index contributed by atoms with van der Waals surface area (Å²) in [6, 6.07) is 24.5. The fraction of sp³-hybridized carbons (Fsp3) is 0.160. The highest BCUT2D eigenvalue weighted by Crippen LogP contribution is 2.31. The van der Waals surface area contributed by atoms with Crippen molar-refractivity contribution in [2.75, 3.05) is 5.32 Å². The molecule has 1 heterocycles. The van der Waals surface area contributed by atoms with E-state index in [2.05, 4.69) is 40.6 Å². The number of thiazole rings is 1. The summed E-state index contributed by atoms with van der Waals surface area (Å²) in [5.74, 6) is 0.548. The van der Waals surface area contributed by atoms with E-state index in [0.717, 1.165) is 45.9 Å². The number of anilines is 2. The number of rotatable bonds is 5. The van der Waals surface area contributed by atoms with E-state index >= 15 is 0 Å². The Labute approximate surface area is 189 Å². The lowest BCUT2D eigenvalue weighted by Crippen LogP contribution is -2.21. The Bertz CT molecular complexity index is 1190. The molecule has 0 radical (unpaired) electrons. The van der Waals surface area contributed by atoms with Crippen LogP contribution in [0.3, 0.4) is 0 Å². The number of carbonyl (C=O) groups is 2. The summed E-state index contributed by atoms with van der Waals surface area (Å²) in [4.78, 5) is 25.5. The number of nitrogens with zero attached hydrogens (tertiary/aromatic N) is 1. The van der Waals surface area contributed by atoms with Gasteiger partial charge in [0.05, 0.1) is 10.2 Å². The second kappa shape index (κ2) is 9.62. The van der Waals surface area contributed by atoms with Gasteiger partial charge in [0.1, 0.15) is 0 Å². The predicted molar refractivity (Wildman–Crippen MR) is 127 cm³/mol. The van der Waals surface area contributed by atoms with Gasteiger partial charge in [0.2, 0.25) is 0 Å². The molecule has 0 bridgehead atoms. The van der Waals surface area contributed by atoms with Gasteiger partial charge in [-0.05, 0) is 48.2 Å². The van der Waals surface area contributed by atoms with Crippen LogP contribution in [0.25, 0.3) is 21.3 Å². The molecule has 1 aliphatic carbocycles. The third-order valence-corrected chi connectivity index (χ3v) is 6.36. The van der Waals surface area contributed by atoms with Crippen LogP contribution in [-0.4, -0.2) is 27.1 Å². The van der Waals surface area contributed by atoms with Gasteiger partial charge < -0.3 is 15.5 Å². The number of hydrogen-bond acceptors (Lipinski definition) is 5. The molecule has 0 saturated heterocycles. The standard InChI is InChI=1S/C24H20N2OS.CH2O3/c27-23(18-4-3-5-18)19-10-8-16(9-11-19)17-12-14-20(15-13-17)25-24-26-21-6-1-2-7-22(21)28-24;2-1(3)4/h1-2,6-15,18H,3-5H2,(H,25,26);(H2,2,3,4). The number of Topliss-reactive ketones (excluding diaryl/α,β-unsaturated/α-hetero) is 1. The van der Waals surface area contributed by atoms with Crippen LogP contribution in [0, 0.1) is 5.92 Å². The van der Waals surface area contributed by atoms with Gasteiger partial charge in [-0.2, -0.15) is 0 Å². The van der Waals surface area contributed by atoms with Crippen LogP contribution in [0.4, 0.5) is 15.6 Å². The van der Waals surface area contributed by atoms with Crippen molar-refractivity contribution in [3.8, 4) is 11.1 Å². The molecule has 0 spiro atoms. The van der Waals surface area contributed by atoms with Crippen LogP contribution in [0.2, 0.25) is 0 Å². The van der Waals surface area contributed by atoms with E-state index in [4.69, 9.17) is 15.0 Å². The van der Waals surface area contributed by atoms with Gasteiger partial charge in [-0.25, -0.2) is 9.78 Å². The fourth-order valence-corrected chi connectivity index (χ4v) is 4.41. The molecule has 32 heavy (non-hydrogen) atoms. The molecule has 162 valence electrons. The van der Waals surface area contributed by atoms with Crippen molar-refractivity contribution in [2.24, 2.45) is 5.92 Å². The van der Waals surface area contributed by atoms with Crippen molar-refractivity contribution in [1.29, 1.82) is 0 Å². The van der Waals surface area contributed by atoms with Crippen molar-refractivity contribution in [3.05, 3.63) is 78.4 Å². The second-order valence-corrected chi connectivity index (χ2v) is 8.57. The Morgan fingerprint density at radius 2 is 1.47 bits per heavy atom. The number of benzene rings is 3. The van der Waals surface area contributed by atoms with Gasteiger partial charge in [0.25, 0.3) is 0 Å². The molecular formula is C25H22N2O4S. The van der Waals surface area contributed by atoms with Crippen molar-refractivity contribution in [2.45, 2.75) is 19.3 Å². The molecule has 3 aromatic carbocycles. The fourth-order valence-electron chi connectivity index (χ4n) is 3.53. The monoisotopic (exact) mass is 446 g/mol. The zero-order valence-corrected chi connectivity index (χ0v) is 18.0. The molecule has 1 aliphatic rings. The minimum atomic E-state index is -1.83. The van der Waals surface area contributed by atoms with Crippen LogP contribution >= 0.6 is 11.3 Å². The normalized spacial score (nSPS) is 13.0. The van der Waals surface area contributed by atoms with Crippen molar-refractivity contribution in [1.82, 2.24) is 4.98 Å². The zero-order valence-electron chi connectivity index (χ0n) is 17.2. The van der Waals surface area contributed by atoms with Gasteiger partial charge in [0.15, 0.2) is 10.9 Å². The molecule has 4 aromatic rings. The molecular weight excluding hydrogens is 424 g/mol. The first-order valence-electron chi connectivity index (χ1n) is 10.3. The Morgan fingerprint density at radius 3 is 2.03 bits per heavy atom. The van der Waals surface area contributed by atoms with Gasteiger partial charge in [-0.15, -0.1) is 0 Å². The minimum absolute atomic E-state index is 0.249. The molecule has 5 rings (SSSR count). The lowest BCUT2D eigenvalue weighted by Gasteiger charge is -2.23. The summed E-state index contributed by atoms with van der Waals surface area (Å²) in [7, 11) is 0. The average Bonchev–Trinajstić information content (AvgIpc) is 3.15. The highest BCUT2D eigenvalue weighted by Gasteiger charge is 2.25. The van der Waals surface area contributed by atoms with E-state index in [0.29, 0.717) is 5.78 Å². The number of carbonyl (C=O) groups excluding carboxylic acids is 1. The van der Waals surface area contributed by atoms with Gasteiger partial charge in [0, 0.05) is 17.2 Å². The van der Waals surface area contributed by atoms with Crippen LogP contribution in [-0.2, 0) is 0 Å². The largest absolute Gasteiger partial charge is 0.503 e. The Hall–Kier alpha value is -3.71. The zero-order chi connectivity index (χ0) is 22.5. The number of para-hydroxylation sites is 1. The van der Waals surface area contributed by atoms with Crippen molar-refractivity contribution < 1.29 is 19.8 Å². The summed E-state index contributed by atoms with van der Waals surface area (Å²) in [6.07, 6.45) is 1.44. The van der Waals surface area contributed by atoms with E-state index in [-0.39, 0.29) is 5.92 Å². The molecule has 0 aliphatic heterocycles. The maximum Gasteiger partial charge on any atom is 0.503 e. The smallest absolute Gasteiger partial charge is 0.450 e. The Kier molecular flexibility index (Phi) is 6.47. The Balaban J connectivity index is 0.000000567. The molecule has 7 heteroatoms. The first kappa shape index (κ1) is 21.5.